The number of nitrogens with zero attached hydrogens (tertiary/aromatic N) is 2. The van der Waals surface area contributed by atoms with Crippen molar-refractivity contribution in [2.75, 3.05) is 11.1 Å². The first-order chi connectivity index (χ1) is 15.1. The minimum atomic E-state index is -2.50. The van der Waals surface area contributed by atoms with Crippen LogP contribution in [0.5, 0.6) is 0 Å². The molecule has 1 aliphatic carbocycles. The van der Waals surface area contributed by atoms with E-state index in [0.29, 0.717) is 5.92 Å². The van der Waals surface area contributed by atoms with E-state index in [4.69, 9.17) is 5.73 Å². The second-order valence-electron chi connectivity index (χ2n) is 7.84. The zero-order valence-electron chi connectivity index (χ0n) is 18.4. The number of alkyl halides is 1. The third-order valence-corrected chi connectivity index (χ3v) is 6.05. The van der Waals surface area contributed by atoms with Crippen LogP contribution in [0.15, 0.2) is 40.0 Å². The predicted octanol–water partition coefficient (Wildman–Crippen LogP) is 3.81. The smallest absolute Gasteiger partial charge is 0.273 e. The van der Waals surface area contributed by atoms with Gasteiger partial charge < -0.3 is 15.6 Å². The second-order valence-corrected chi connectivity index (χ2v) is 8.78. The van der Waals surface area contributed by atoms with Gasteiger partial charge in [0.1, 0.15) is 17.7 Å². The van der Waals surface area contributed by atoms with E-state index in [1.807, 2.05) is 6.92 Å². The predicted molar refractivity (Wildman–Crippen MR) is 123 cm³/mol. The Morgan fingerprint density at radius 1 is 1.41 bits per heavy atom. The van der Waals surface area contributed by atoms with E-state index in [9.17, 15) is 22.3 Å². The summed E-state index contributed by atoms with van der Waals surface area (Å²) in [5, 5.41) is 2.56. The van der Waals surface area contributed by atoms with Crippen molar-refractivity contribution in [3.63, 3.8) is 0 Å². The zero-order chi connectivity index (χ0) is 23.8. The number of nitrogens with one attached hydrogen (secondary N) is 1. The number of amides is 1. The third kappa shape index (κ3) is 7.30. The number of amidine groups is 1. The number of hydrogen-bond donors (Lipinski definition) is 2. The molecule has 1 aromatic carbocycles. The molecule has 3 N–H and O–H groups in total. The molecule has 0 heterocycles. The molecule has 1 saturated carbocycles. The highest BCUT2D eigenvalue weighted by molar-refractivity contribution is 7.79. The van der Waals surface area contributed by atoms with Gasteiger partial charge in [-0.3, -0.25) is 19.0 Å². The van der Waals surface area contributed by atoms with Crippen LogP contribution in [0.4, 0.5) is 14.5 Å². The molecule has 1 amide bonds. The summed E-state index contributed by atoms with van der Waals surface area (Å²) in [6.07, 6.45) is 4.26. The fourth-order valence-electron chi connectivity index (χ4n) is 3.32. The van der Waals surface area contributed by atoms with Gasteiger partial charge in [-0.15, -0.1) is 0 Å². The summed E-state index contributed by atoms with van der Waals surface area (Å²) in [4.78, 5) is 20.6. The Hall–Kier alpha value is -2.46. The number of rotatable bonds is 10. The van der Waals surface area contributed by atoms with Gasteiger partial charge in [0.15, 0.2) is 0 Å². The summed E-state index contributed by atoms with van der Waals surface area (Å²) in [6.45, 7) is 4.78. The maximum Gasteiger partial charge on any atom is 0.273 e. The summed E-state index contributed by atoms with van der Waals surface area (Å²) in [5.74, 6) is -1.10. The van der Waals surface area contributed by atoms with Crippen LogP contribution in [0.25, 0.3) is 0 Å². The molecule has 7 nitrogen and oxygen atoms in total. The fourth-order valence-corrected chi connectivity index (χ4v) is 3.84. The van der Waals surface area contributed by atoms with Crippen molar-refractivity contribution in [2.24, 2.45) is 27.6 Å². The molecule has 4 atom stereocenters. The van der Waals surface area contributed by atoms with Crippen molar-refractivity contribution in [1.82, 2.24) is 0 Å². The Morgan fingerprint density at radius 2 is 2.09 bits per heavy atom. The summed E-state index contributed by atoms with van der Waals surface area (Å²) < 4.78 is 50.4. The number of carbonyl (C=O) groups is 1. The van der Waals surface area contributed by atoms with Crippen molar-refractivity contribution in [2.45, 2.75) is 52.2 Å². The van der Waals surface area contributed by atoms with E-state index in [2.05, 4.69) is 15.3 Å². The summed E-state index contributed by atoms with van der Waals surface area (Å²) >= 11 is -2.50. The molecule has 2 rings (SSSR count). The Bertz CT molecular complexity index is 930. The van der Waals surface area contributed by atoms with Crippen LogP contribution in [-0.4, -0.2) is 38.6 Å². The lowest BCUT2D eigenvalue weighted by Crippen LogP contribution is -2.32. The van der Waals surface area contributed by atoms with Gasteiger partial charge in [0, 0.05) is 29.1 Å². The minimum absolute atomic E-state index is 0.00123. The number of nitrogens with two attached hydrogens (primary N) is 1. The van der Waals surface area contributed by atoms with Crippen LogP contribution >= 0.6 is 0 Å². The number of anilines is 1. The highest BCUT2D eigenvalue weighted by atomic mass is 32.2. The molecule has 32 heavy (non-hydrogen) atoms. The average molecular weight is 468 g/mol. The Balaban J connectivity index is 2.30. The van der Waals surface area contributed by atoms with Gasteiger partial charge in [-0.2, -0.15) is 0 Å². The highest BCUT2D eigenvalue weighted by Crippen LogP contribution is 2.34. The standard InChI is InChI=1S/C22H30F2N4O3S/c1-4-19(26-11-13(2)23)22(29)27-16-8-9-18(24)17(10-16)20(12-32(30)31)28-21(25)14(3)15-6-5-7-15/h4,8-11,13-15,20H,5-7,12H2,1-3H3,(H2,25,28)(H,27,29)(H,30,31)/p-1/b19-4-,26-11?/t13?,14-,20-/m0/s1. The van der Waals surface area contributed by atoms with E-state index < -0.39 is 40.8 Å². The van der Waals surface area contributed by atoms with Crippen molar-refractivity contribution in [3.05, 3.63) is 41.4 Å². The summed E-state index contributed by atoms with van der Waals surface area (Å²) in [6, 6.07) is 2.72. The van der Waals surface area contributed by atoms with Crippen molar-refractivity contribution in [1.29, 1.82) is 0 Å². The first-order valence-electron chi connectivity index (χ1n) is 10.5. The zero-order valence-corrected chi connectivity index (χ0v) is 19.2. The molecular formula is C22H29F2N4O3S-. The first-order valence-corrected chi connectivity index (χ1v) is 11.7. The Kier molecular flexibility index (Phi) is 9.64. The van der Waals surface area contributed by atoms with Gasteiger partial charge in [0.05, 0.1) is 11.9 Å². The quantitative estimate of drug-likeness (QED) is 0.235. The van der Waals surface area contributed by atoms with Crippen LogP contribution in [0.1, 0.15) is 51.6 Å². The normalized spacial score (nSPS) is 19.3. The van der Waals surface area contributed by atoms with Gasteiger partial charge in [-0.1, -0.05) is 30.5 Å². The molecule has 0 radical (unpaired) electrons. The molecule has 1 fully saturated rings. The van der Waals surface area contributed by atoms with Crippen LogP contribution in [0.3, 0.4) is 0 Å². The number of hydrogen-bond acceptors (Lipinski definition) is 5. The fraction of sp³-hybridized carbons (Fsp3) is 0.500. The maximum atomic E-state index is 14.6. The highest BCUT2D eigenvalue weighted by Gasteiger charge is 2.27. The summed E-state index contributed by atoms with van der Waals surface area (Å²) in [5.41, 5.74) is 6.33. The molecule has 0 aliphatic heterocycles. The second kappa shape index (κ2) is 12.0. The molecule has 176 valence electrons. The lowest BCUT2D eigenvalue weighted by molar-refractivity contribution is -0.112. The minimum Gasteiger partial charge on any atom is -0.772 e. The molecule has 1 aliphatic rings. The van der Waals surface area contributed by atoms with E-state index in [0.717, 1.165) is 31.5 Å². The van der Waals surface area contributed by atoms with E-state index in [1.54, 1.807) is 6.92 Å². The van der Waals surface area contributed by atoms with E-state index in [-0.39, 0.29) is 28.7 Å². The number of allylic oxidation sites excluding steroid dienone is 1. The lowest BCUT2D eigenvalue weighted by atomic mass is 9.76. The van der Waals surface area contributed by atoms with Gasteiger partial charge in [0.25, 0.3) is 5.91 Å². The molecule has 0 spiro atoms. The van der Waals surface area contributed by atoms with Gasteiger partial charge in [0.2, 0.25) is 0 Å². The number of aliphatic imine (C=N–C) groups is 2. The van der Waals surface area contributed by atoms with E-state index in [1.165, 1.54) is 25.1 Å². The topological polar surface area (TPSA) is 120 Å². The molecular weight excluding hydrogens is 438 g/mol. The van der Waals surface area contributed by atoms with Crippen LogP contribution < -0.4 is 11.1 Å². The molecule has 1 aromatic rings. The maximum absolute atomic E-state index is 14.6. The largest absolute Gasteiger partial charge is 0.772 e. The number of benzene rings is 1. The third-order valence-electron chi connectivity index (χ3n) is 5.46. The molecule has 0 aromatic heterocycles. The van der Waals surface area contributed by atoms with Gasteiger partial charge >= 0.3 is 0 Å². The monoisotopic (exact) mass is 467 g/mol. The SMILES string of the molecule is C/C=C(\N=CC(C)F)C(=O)Nc1ccc(F)c([C@H](CS(=O)[O-])N=C(N)[C@@H](C)C2CCC2)c1. The molecule has 0 saturated heterocycles. The summed E-state index contributed by atoms with van der Waals surface area (Å²) in [7, 11) is 0. The van der Waals surface area contributed by atoms with Crippen LogP contribution in [0.2, 0.25) is 0 Å². The van der Waals surface area contributed by atoms with E-state index >= 15 is 0 Å². The number of halogens is 2. The van der Waals surface area contributed by atoms with Gasteiger partial charge in [-0.05, 0) is 50.8 Å². The lowest BCUT2D eigenvalue weighted by Gasteiger charge is -2.31. The Morgan fingerprint density at radius 3 is 2.62 bits per heavy atom. The first kappa shape index (κ1) is 25.8. The van der Waals surface area contributed by atoms with Crippen molar-refractivity contribution >= 4 is 34.7 Å². The average Bonchev–Trinajstić information content (AvgIpc) is 2.67. The Labute approximate surface area is 189 Å². The molecule has 0 bridgehead atoms. The van der Waals surface area contributed by atoms with Crippen molar-refractivity contribution < 1.29 is 22.3 Å². The molecule has 2 unspecified atom stereocenters. The van der Waals surface area contributed by atoms with Gasteiger partial charge in [-0.25, -0.2) is 8.78 Å². The number of carbonyl (C=O) groups excluding carboxylic acids is 1. The van der Waals surface area contributed by atoms with Crippen LogP contribution in [-0.2, 0) is 15.9 Å². The van der Waals surface area contributed by atoms with Crippen LogP contribution in [0, 0.1) is 17.7 Å². The van der Waals surface area contributed by atoms with Crippen molar-refractivity contribution in [3.8, 4) is 0 Å². The molecule has 10 heteroatoms.